The van der Waals surface area contributed by atoms with Crippen LogP contribution in [0.4, 0.5) is 14.9 Å². The Morgan fingerprint density at radius 3 is 2.55 bits per heavy atom. The second-order valence-electron chi connectivity index (χ2n) is 5.61. The molecule has 4 amide bonds. The fraction of sp³-hybridized carbons (Fsp3) is 0.400. The van der Waals surface area contributed by atoms with Crippen LogP contribution in [0.1, 0.15) is 20.3 Å². The van der Waals surface area contributed by atoms with E-state index in [9.17, 15) is 18.8 Å². The SMILES string of the molecule is CC(C)C[C@@H]1NC(=O)N(CC(=O)Nc2ccc(F)cc2)C1=O. The molecule has 1 aliphatic heterocycles. The maximum Gasteiger partial charge on any atom is 0.325 e. The van der Waals surface area contributed by atoms with Gasteiger partial charge in [-0.1, -0.05) is 13.8 Å². The number of benzene rings is 1. The standard InChI is InChI=1S/C15H18FN3O3/c1-9(2)7-12-14(21)19(15(22)18-12)8-13(20)17-11-5-3-10(16)4-6-11/h3-6,9,12H,7-8H2,1-2H3,(H,17,20)(H,18,22)/t12-/m0/s1. The zero-order chi connectivity index (χ0) is 16.3. The van der Waals surface area contributed by atoms with Gasteiger partial charge in [-0.05, 0) is 36.6 Å². The Balaban J connectivity index is 1.95. The molecule has 1 aromatic carbocycles. The van der Waals surface area contributed by atoms with E-state index in [1.807, 2.05) is 13.8 Å². The number of rotatable bonds is 5. The van der Waals surface area contributed by atoms with Crippen LogP contribution < -0.4 is 10.6 Å². The number of imide groups is 1. The Kier molecular flexibility index (Phi) is 4.75. The lowest BCUT2D eigenvalue weighted by Crippen LogP contribution is -2.38. The Morgan fingerprint density at radius 2 is 1.95 bits per heavy atom. The lowest BCUT2D eigenvalue weighted by atomic mass is 10.0. The van der Waals surface area contributed by atoms with Gasteiger partial charge in [0.05, 0.1) is 0 Å². The van der Waals surface area contributed by atoms with E-state index in [0.717, 1.165) is 4.90 Å². The Bertz CT molecular complexity index is 586. The molecular weight excluding hydrogens is 289 g/mol. The molecule has 0 unspecified atom stereocenters. The van der Waals surface area contributed by atoms with Crippen molar-refractivity contribution in [1.29, 1.82) is 0 Å². The Morgan fingerprint density at radius 1 is 1.32 bits per heavy atom. The average Bonchev–Trinajstić information content (AvgIpc) is 2.68. The van der Waals surface area contributed by atoms with Crippen LogP contribution in [0, 0.1) is 11.7 Å². The van der Waals surface area contributed by atoms with E-state index in [4.69, 9.17) is 0 Å². The number of halogens is 1. The number of carbonyl (C=O) groups excluding carboxylic acids is 3. The fourth-order valence-corrected chi connectivity index (χ4v) is 2.24. The van der Waals surface area contributed by atoms with Gasteiger partial charge in [-0.3, -0.25) is 14.5 Å². The largest absolute Gasteiger partial charge is 0.326 e. The van der Waals surface area contributed by atoms with Crippen LogP contribution in [-0.4, -0.2) is 35.3 Å². The first kappa shape index (κ1) is 15.9. The van der Waals surface area contributed by atoms with Crippen LogP contribution in [0.3, 0.4) is 0 Å². The summed E-state index contributed by atoms with van der Waals surface area (Å²) in [4.78, 5) is 36.7. The summed E-state index contributed by atoms with van der Waals surface area (Å²) in [7, 11) is 0. The van der Waals surface area contributed by atoms with Gasteiger partial charge in [0.15, 0.2) is 0 Å². The monoisotopic (exact) mass is 307 g/mol. The van der Waals surface area contributed by atoms with Crippen LogP contribution in [0.15, 0.2) is 24.3 Å². The summed E-state index contributed by atoms with van der Waals surface area (Å²) in [6.45, 7) is 3.53. The second-order valence-corrected chi connectivity index (χ2v) is 5.61. The van der Waals surface area contributed by atoms with Crippen LogP contribution >= 0.6 is 0 Å². The minimum Gasteiger partial charge on any atom is -0.326 e. The summed E-state index contributed by atoms with van der Waals surface area (Å²) in [5, 5.41) is 5.08. The maximum absolute atomic E-state index is 12.8. The van der Waals surface area contributed by atoms with Gasteiger partial charge >= 0.3 is 6.03 Å². The molecule has 0 radical (unpaired) electrons. The molecule has 2 N–H and O–H groups in total. The molecule has 22 heavy (non-hydrogen) atoms. The number of urea groups is 1. The molecule has 2 rings (SSSR count). The molecule has 0 aliphatic carbocycles. The second kappa shape index (κ2) is 6.55. The molecule has 0 bridgehead atoms. The molecule has 0 saturated carbocycles. The van der Waals surface area contributed by atoms with Crippen molar-refractivity contribution >= 4 is 23.5 Å². The zero-order valence-electron chi connectivity index (χ0n) is 12.4. The number of hydrogen-bond acceptors (Lipinski definition) is 3. The van der Waals surface area contributed by atoms with E-state index in [2.05, 4.69) is 10.6 Å². The van der Waals surface area contributed by atoms with Crippen molar-refractivity contribution in [3.8, 4) is 0 Å². The first-order valence-corrected chi connectivity index (χ1v) is 7.04. The van der Waals surface area contributed by atoms with Gasteiger partial charge in [-0.15, -0.1) is 0 Å². The summed E-state index contributed by atoms with van der Waals surface area (Å²) in [5.74, 6) is -1.07. The quantitative estimate of drug-likeness (QED) is 0.813. The van der Waals surface area contributed by atoms with Crippen LogP contribution in [0.25, 0.3) is 0 Å². The summed E-state index contributed by atoms with van der Waals surface area (Å²) in [6.07, 6.45) is 0.528. The first-order chi connectivity index (χ1) is 10.4. The average molecular weight is 307 g/mol. The number of nitrogens with one attached hydrogen (secondary N) is 2. The van der Waals surface area contributed by atoms with E-state index in [0.29, 0.717) is 12.1 Å². The number of hydrogen-bond donors (Lipinski definition) is 2. The number of anilines is 1. The molecule has 1 atom stereocenters. The summed E-state index contributed by atoms with van der Waals surface area (Å²) < 4.78 is 12.8. The predicted octanol–water partition coefficient (Wildman–Crippen LogP) is 1.73. The molecule has 0 aromatic heterocycles. The molecule has 118 valence electrons. The lowest BCUT2D eigenvalue weighted by molar-refractivity contribution is -0.131. The van der Waals surface area contributed by atoms with Gasteiger partial charge in [0.2, 0.25) is 5.91 Å². The zero-order valence-corrected chi connectivity index (χ0v) is 12.4. The van der Waals surface area contributed by atoms with Gasteiger partial charge in [0.25, 0.3) is 5.91 Å². The summed E-state index contributed by atoms with van der Waals surface area (Å²) in [5.41, 5.74) is 0.400. The smallest absolute Gasteiger partial charge is 0.325 e. The molecule has 1 fully saturated rings. The van der Waals surface area contributed by atoms with Gasteiger partial charge < -0.3 is 10.6 Å². The van der Waals surface area contributed by atoms with Crippen molar-refractivity contribution in [1.82, 2.24) is 10.2 Å². The summed E-state index contributed by atoms with van der Waals surface area (Å²) in [6, 6.07) is 4.08. The normalized spacial score (nSPS) is 17.8. The van der Waals surface area contributed by atoms with Gasteiger partial charge in [0, 0.05) is 5.69 Å². The van der Waals surface area contributed by atoms with Crippen LogP contribution in [0.2, 0.25) is 0 Å². The summed E-state index contributed by atoms with van der Waals surface area (Å²) >= 11 is 0. The van der Waals surface area contributed by atoms with E-state index < -0.39 is 29.7 Å². The van der Waals surface area contributed by atoms with Crippen LogP contribution in [0.5, 0.6) is 0 Å². The van der Waals surface area contributed by atoms with Crippen molar-refractivity contribution in [2.24, 2.45) is 5.92 Å². The van der Waals surface area contributed by atoms with Crippen molar-refractivity contribution in [3.05, 3.63) is 30.1 Å². The topological polar surface area (TPSA) is 78.5 Å². The van der Waals surface area contributed by atoms with E-state index in [-0.39, 0.29) is 12.5 Å². The molecule has 1 heterocycles. The van der Waals surface area contributed by atoms with Gasteiger partial charge in [-0.2, -0.15) is 0 Å². The third-order valence-corrected chi connectivity index (χ3v) is 3.24. The molecular formula is C15H18FN3O3. The van der Waals surface area contributed by atoms with Gasteiger partial charge in [-0.25, -0.2) is 9.18 Å². The molecule has 6 nitrogen and oxygen atoms in total. The van der Waals surface area contributed by atoms with Crippen molar-refractivity contribution < 1.29 is 18.8 Å². The van der Waals surface area contributed by atoms with Gasteiger partial charge in [0.1, 0.15) is 18.4 Å². The van der Waals surface area contributed by atoms with Crippen molar-refractivity contribution in [2.75, 3.05) is 11.9 Å². The third kappa shape index (κ3) is 3.81. The molecule has 1 saturated heterocycles. The van der Waals surface area contributed by atoms with Crippen LogP contribution in [-0.2, 0) is 9.59 Å². The van der Waals surface area contributed by atoms with E-state index >= 15 is 0 Å². The molecule has 7 heteroatoms. The molecule has 0 spiro atoms. The number of nitrogens with zero attached hydrogens (tertiary/aromatic N) is 1. The van der Waals surface area contributed by atoms with E-state index in [1.54, 1.807) is 0 Å². The molecule has 1 aliphatic rings. The highest BCUT2D eigenvalue weighted by Gasteiger charge is 2.38. The minimum absolute atomic E-state index is 0.252. The minimum atomic E-state index is -0.578. The highest BCUT2D eigenvalue weighted by atomic mass is 19.1. The number of carbonyl (C=O) groups is 3. The first-order valence-electron chi connectivity index (χ1n) is 7.04. The Hall–Kier alpha value is -2.44. The lowest BCUT2D eigenvalue weighted by Gasteiger charge is -2.13. The highest BCUT2D eigenvalue weighted by molar-refractivity contribution is 6.07. The fourth-order valence-electron chi connectivity index (χ4n) is 2.24. The van der Waals surface area contributed by atoms with E-state index in [1.165, 1.54) is 24.3 Å². The van der Waals surface area contributed by atoms with Crippen molar-refractivity contribution in [2.45, 2.75) is 26.3 Å². The predicted molar refractivity (Wildman–Crippen MR) is 78.5 cm³/mol. The Labute approximate surface area is 127 Å². The van der Waals surface area contributed by atoms with Crippen molar-refractivity contribution in [3.63, 3.8) is 0 Å². The maximum atomic E-state index is 12.8. The highest BCUT2D eigenvalue weighted by Crippen LogP contribution is 2.14. The third-order valence-electron chi connectivity index (χ3n) is 3.24. The number of amides is 4. The molecule has 1 aromatic rings.